The van der Waals surface area contributed by atoms with Crippen LogP contribution in [-0.4, -0.2) is 39.9 Å². The van der Waals surface area contributed by atoms with E-state index in [4.69, 9.17) is 0 Å². The molecule has 3 aromatic rings. The fraction of sp³-hybridized carbons (Fsp3) is 0.320. The smallest absolute Gasteiger partial charge is 0.280 e. The summed E-state index contributed by atoms with van der Waals surface area (Å²) in [5.74, 6) is 0.0768. The number of likely N-dealkylation sites (tertiary alicyclic amines) is 1. The SMILES string of the molecule is Cc1ccc(-n2[nH]c(C)c(C=Nc3ccc(C(=O)N4CCCCC4)cc3)c2=O)cc1C. The van der Waals surface area contributed by atoms with Crippen LogP contribution in [0.25, 0.3) is 5.69 Å². The predicted octanol–water partition coefficient (Wildman–Crippen LogP) is 4.47. The molecule has 4 rings (SSSR count). The molecule has 0 radical (unpaired) electrons. The van der Waals surface area contributed by atoms with Crippen LogP contribution < -0.4 is 5.56 Å². The largest absolute Gasteiger partial charge is 0.339 e. The number of aryl methyl sites for hydroxylation is 3. The first-order valence-electron chi connectivity index (χ1n) is 10.8. The van der Waals surface area contributed by atoms with Crippen LogP contribution in [-0.2, 0) is 0 Å². The summed E-state index contributed by atoms with van der Waals surface area (Å²) in [6.07, 6.45) is 4.93. The van der Waals surface area contributed by atoms with Crippen LogP contribution >= 0.6 is 0 Å². The van der Waals surface area contributed by atoms with Crippen molar-refractivity contribution in [2.24, 2.45) is 4.99 Å². The van der Waals surface area contributed by atoms with Gasteiger partial charge in [-0.15, -0.1) is 0 Å². The number of nitrogens with one attached hydrogen (secondary N) is 1. The second kappa shape index (κ2) is 8.76. The highest BCUT2D eigenvalue weighted by molar-refractivity contribution is 5.94. The third-order valence-electron chi connectivity index (χ3n) is 5.97. The van der Waals surface area contributed by atoms with E-state index >= 15 is 0 Å². The van der Waals surface area contributed by atoms with Crippen molar-refractivity contribution in [3.8, 4) is 5.69 Å². The number of piperidine rings is 1. The van der Waals surface area contributed by atoms with E-state index in [-0.39, 0.29) is 11.5 Å². The highest BCUT2D eigenvalue weighted by Crippen LogP contribution is 2.18. The van der Waals surface area contributed by atoms with Gasteiger partial charge in [0, 0.05) is 30.6 Å². The van der Waals surface area contributed by atoms with Gasteiger partial charge in [-0.05, 0) is 87.6 Å². The van der Waals surface area contributed by atoms with Gasteiger partial charge in [0.1, 0.15) is 0 Å². The molecule has 1 aliphatic heterocycles. The predicted molar refractivity (Wildman–Crippen MR) is 124 cm³/mol. The van der Waals surface area contributed by atoms with Gasteiger partial charge in [0.05, 0.1) is 16.9 Å². The van der Waals surface area contributed by atoms with E-state index in [0.717, 1.165) is 42.9 Å². The summed E-state index contributed by atoms with van der Waals surface area (Å²) in [7, 11) is 0. The first-order valence-corrected chi connectivity index (χ1v) is 10.8. The molecule has 0 unspecified atom stereocenters. The molecule has 0 atom stereocenters. The molecule has 31 heavy (non-hydrogen) atoms. The molecule has 0 aliphatic carbocycles. The van der Waals surface area contributed by atoms with Crippen molar-refractivity contribution < 1.29 is 4.79 Å². The molecule has 2 heterocycles. The molecule has 1 saturated heterocycles. The van der Waals surface area contributed by atoms with Crippen LogP contribution in [0.1, 0.15) is 52.0 Å². The van der Waals surface area contributed by atoms with Crippen molar-refractivity contribution in [3.05, 3.63) is 80.8 Å². The molecular weight excluding hydrogens is 388 g/mol. The number of carbonyl (C=O) groups excluding carboxylic acids is 1. The lowest BCUT2D eigenvalue weighted by atomic mass is 10.1. The number of nitrogens with zero attached hydrogens (tertiary/aromatic N) is 3. The fourth-order valence-electron chi connectivity index (χ4n) is 3.87. The highest BCUT2D eigenvalue weighted by Gasteiger charge is 2.18. The molecule has 0 spiro atoms. The van der Waals surface area contributed by atoms with E-state index < -0.39 is 0 Å². The fourth-order valence-corrected chi connectivity index (χ4v) is 3.87. The number of benzene rings is 2. The lowest BCUT2D eigenvalue weighted by molar-refractivity contribution is 0.0724. The van der Waals surface area contributed by atoms with E-state index in [2.05, 4.69) is 10.1 Å². The van der Waals surface area contributed by atoms with Gasteiger partial charge in [0.15, 0.2) is 0 Å². The number of aromatic amines is 1. The van der Waals surface area contributed by atoms with Crippen molar-refractivity contribution in [2.75, 3.05) is 13.1 Å². The van der Waals surface area contributed by atoms with Crippen molar-refractivity contribution >= 4 is 17.8 Å². The minimum Gasteiger partial charge on any atom is -0.339 e. The second-order valence-corrected chi connectivity index (χ2v) is 8.22. The third-order valence-corrected chi connectivity index (χ3v) is 5.97. The number of carbonyl (C=O) groups is 1. The Balaban J connectivity index is 1.53. The summed E-state index contributed by atoms with van der Waals surface area (Å²) in [6, 6.07) is 13.2. The summed E-state index contributed by atoms with van der Waals surface area (Å²) in [5.41, 5.74) is 5.63. The monoisotopic (exact) mass is 416 g/mol. The molecule has 2 aromatic carbocycles. The van der Waals surface area contributed by atoms with Crippen LogP contribution in [0.5, 0.6) is 0 Å². The molecule has 1 N–H and O–H groups in total. The maximum absolute atomic E-state index is 12.9. The Kier molecular flexibility index (Phi) is 5.89. The van der Waals surface area contributed by atoms with Gasteiger partial charge in [-0.2, -0.15) is 0 Å². The lowest BCUT2D eigenvalue weighted by Crippen LogP contribution is -2.35. The minimum atomic E-state index is -0.138. The number of hydrogen-bond acceptors (Lipinski definition) is 3. The van der Waals surface area contributed by atoms with Crippen LogP contribution in [0.15, 0.2) is 52.3 Å². The second-order valence-electron chi connectivity index (χ2n) is 8.22. The number of H-pyrrole nitrogens is 1. The Bertz CT molecular complexity index is 1180. The quantitative estimate of drug-likeness (QED) is 0.638. The topological polar surface area (TPSA) is 70.5 Å². The Morgan fingerprint density at radius 1 is 0.968 bits per heavy atom. The van der Waals surface area contributed by atoms with Crippen molar-refractivity contribution in [1.29, 1.82) is 0 Å². The van der Waals surface area contributed by atoms with Crippen LogP contribution in [0.4, 0.5) is 5.69 Å². The van der Waals surface area contributed by atoms with Crippen LogP contribution in [0.3, 0.4) is 0 Å². The van der Waals surface area contributed by atoms with Gasteiger partial charge in [-0.25, -0.2) is 4.68 Å². The zero-order valence-electron chi connectivity index (χ0n) is 18.3. The van der Waals surface area contributed by atoms with Gasteiger partial charge < -0.3 is 4.90 Å². The molecule has 1 fully saturated rings. The summed E-state index contributed by atoms with van der Waals surface area (Å²) < 4.78 is 1.55. The number of aromatic nitrogens is 2. The summed E-state index contributed by atoms with van der Waals surface area (Å²) in [6.45, 7) is 7.60. The van der Waals surface area contributed by atoms with E-state index in [1.165, 1.54) is 12.0 Å². The first-order chi connectivity index (χ1) is 14.9. The summed E-state index contributed by atoms with van der Waals surface area (Å²) in [5, 5.41) is 3.14. The van der Waals surface area contributed by atoms with Crippen molar-refractivity contribution in [2.45, 2.75) is 40.0 Å². The maximum Gasteiger partial charge on any atom is 0.280 e. The van der Waals surface area contributed by atoms with Gasteiger partial charge in [-0.3, -0.25) is 19.7 Å². The molecule has 0 bridgehead atoms. The van der Waals surface area contributed by atoms with E-state index in [1.807, 2.05) is 56.0 Å². The molecular formula is C25H28N4O2. The molecule has 6 nitrogen and oxygen atoms in total. The van der Waals surface area contributed by atoms with E-state index in [9.17, 15) is 9.59 Å². The first kappa shape index (κ1) is 20.8. The number of amides is 1. The highest BCUT2D eigenvalue weighted by atomic mass is 16.2. The number of hydrogen-bond donors (Lipinski definition) is 1. The van der Waals surface area contributed by atoms with Gasteiger partial charge >= 0.3 is 0 Å². The van der Waals surface area contributed by atoms with Gasteiger partial charge in [-0.1, -0.05) is 6.07 Å². The Morgan fingerprint density at radius 2 is 1.68 bits per heavy atom. The van der Waals surface area contributed by atoms with Gasteiger partial charge in [0.2, 0.25) is 0 Å². The molecule has 1 aliphatic rings. The van der Waals surface area contributed by atoms with Crippen LogP contribution in [0.2, 0.25) is 0 Å². The standard InChI is InChI=1S/C25H28N4O2/c1-17-7-12-22(15-18(17)2)29-25(31)23(19(3)27-29)16-26-21-10-8-20(9-11-21)24(30)28-13-5-4-6-14-28/h7-12,15-16,27H,4-6,13-14H2,1-3H3. The molecule has 1 amide bonds. The van der Waals surface area contributed by atoms with Crippen molar-refractivity contribution in [3.63, 3.8) is 0 Å². The number of aliphatic imine (C=N–C) groups is 1. The molecule has 6 heteroatoms. The zero-order chi connectivity index (χ0) is 22.0. The minimum absolute atomic E-state index is 0.0768. The molecule has 160 valence electrons. The van der Waals surface area contributed by atoms with Gasteiger partial charge in [0.25, 0.3) is 11.5 Å². The third kappa shape index (κ3) is 4.38. The normalized spacial score (nSPS) is 14.4. The molecule has 0 saturated carbocycles. The summed E-state index contributed by atoms with van der Waals surface area (Å²) >= 11 is 0. The lowest BCUT2D eigenvalue weighted by Gasteiger charge is -2.26. The number of rotatable bonds is 4. The average molecular weight is 417 g/mol. The zero-order valence-corrected chi connectivity index (χ0v) is 18.3. The summed E-state index contributed by atoms with van der Waals surface area (Å²) in [4.78, 5) is 31.9. The van der Waals surface area contributed by atoms with E-state index in [1.54, 1.807) is 23.0 Å². The maximum atomic E-state index is 12.9. The van der Waals surface area contributed by atoms with E-state index in [0.29, 0.717) is 16.8 Å². The Hall–Kier alpha value is -3.41. The Labute approximate surface area is 182 Å². The van der Waals surface area contributed by atoms with Crippen molar-refractivity contribution in [1.82, 2.24) is 14.7 Å². The molecule has 1 aromatic heterocycles. The average Bonchev–Trinajstić information content (AvgIpc) is 3.08. The Morgan fingerprint density at radius 3 is 2.35 bits per heavy atom. The van der Waals surface area contributed by atoms with Crippen LogP contribution in [0, 0.1) is 20.8 Å².